The molecule has 0 heterocycles. The van der Waals surface area contributed by atoms with Gasteiger partial charge in [0, 0.05) is 21.8 Å². The smallest absolute Gasteiger partial charge is 0.196 e. The fourth-order valence-electron chi connectivity index (χ4n) is 3.36. The summed E-state index contributed by atoms with van der Waals surface area (Å²) < 4.78 is 10.7. The molecular formula is C23H18ClNO3. The number of fused-ring (bicyclic) bond motifs is 1. The Morgan fingerprint density at radius 2 is 1.50 bits per heavy atom. The zero-order chi connectivity index (χ0) is 19.7. The number of halogens is 1. The van der Waals surface area contributed by atoms with Crippen LogP contribution in [0.5, 0.6) is 11.5 Å². The van der Waals surface area contributed by atoms with Crippen LogP contribution in [0.3, 0.4) is 0 Å². The number of Topliss-reactive ketones (excluding diaryl/α,β-unsaturated/α-hetero) is 1. The Hall–Kier alpha value is -3.24. The Kier molecular flexibility index (Phi) is 4.80. The highest BCUT2D eigenvalue weighted by molar-refractivity contribution is 6.40. The highest BCUT2D eigenvalue weighted by Crippen LogP contribution is 2.41. The van der Waals surface area contributed by atoms with Crippen molar-refractivity contribution in [1.29, 1.82) is 0 Å². The first-order valence-electron chi connectivity index (χ1n) is 8.75. The maximum Gasteiger partial charge on any atom is 0.196 e. The van der Waals surface area contributed by atoms with Crippen LogP contribution in [0.4, 0.5) is 5.69 Å². The van der Waals surface area contributed by atoms with E-state index in [4.69, 9.17) is 21.1 Å². The highest BCUT2D eigenvalue weighted by atomic mass is 35.5. The second kappa shape index (κ2) is 7.41. The average Bonchev–Trinajstić information content (AvgIpc) is 3.01. The van der Waals surface area contributed by atoms with Crippen molar-refractivity contribution in [3.8, 4) is 11.5 Å². The fraction of sp³-hybridized carbons (Fsp3) is 0.0870. The number of allylic oxidation sites excluding steroid dienone is 1. The van der Waals surface area contributed by atoms with E-state index < -0.39 is 0 Å². The van der Waals surface area contributed by atoms with Gasteiger partial charge >= 0.3 is 0 Å². The first-order chi connectivity index (χ1) is 13.6. The van der Waals surface area contributed by atoms with Crippen molar-refractivity contribution in [2.75, 3.05) is 19.5 Å². The minimum Gasteiger partial charge on any atom is -0.493 e. The van der Waals surface area contributed by atoms with Gasteiger partial charge in [0.25, 0.3) is 0 Å². The van der Waals surface area contributed by atoms with Crippen molar-refractivity contribution < 1.29 is 14.3 Å². The molecule has 1 aliphatic carbocycles. The summed E-state index contributed by atoms with van der Waals surface area (Å²) >= 11 is 6.00. The third kappa shape index (κ3) is 3.12. The van der Waals surface area contributed by atoms with E-state index in [-0.39, 0.29) is 5.78 Å². The van der Waals surface area contributed by atoms with Crippen LogP contribution in [0, 0.1) is 0 Å². The molecule has 3 aromatic rings. The molecule has 1 aliphatic rings. The number of carbonyl (C=O) groups excluding carboxylic acids is 1. The molecule has 140 valence electrons. The predicted molar refractivity (Wildman–Crippen MR) is 112 cm³/mol. The Bertz CT molecular complexity index is 1090. The van der Waals surface area contributed by atoms with Gasteiger partial charge in [-0.1, -0.05) is 41.9 Å². The van der Waals surface area contributed by atoms with Crippen molar-refractivity contribution in [1.82, 2.24) is 0 Å². The third-order valence-corrected chi connectivity index (χ3v) is 4.96. The van der Waals surface area contributed by atoms with Gasteiger partial charge in [-0.3, -0.25) is 4.79 Å². The monoisotopic (exact) mass is 391 g/mol. The largest absolute Gasteiger partial charge is 0.493 e. The van der Waals surface area contributed by atoms with Crippen molar-refractivity contribution >= 4 is 34.3 Å². The van der Waals surface area contributed by atoms with Crippen LogP contribution in [0.15, 0.2) is 66.7 Å². The maximum atomic E-state index is 13.2. The molecule has 0 fully saturated rings. The van der Waals surface area contributed by atoms with Gasteiger partial charge in [0.05, 0.1) is 25.5 Å². The van der Waals surface area contributed by atoms with E-state index in [1.165, 1.54) is 0 Å². The van der Waals surface area contributed by atoms with Crippen LogP contribution in [0.25, 0.3) is 11.3 Å². The number of ether oxygens (including phenoxy) is 2. The van der Waals surface area contributed by atoms with Crippen LogP contribution in [0.2, 0.25) is 5.02 Å². The van der Waals surface area contributed by atoms with Crippen molar-refractivity contribution in [3.05, 3.63) is 88.4 Å². The summed E-state index contributed by atoms with van der Waals surface area (Å²) in [6.45, 7) is 0. The van der Waals surface area contributed by atoms with Crippen LogP contribution in [0.1, 0.15) is 21.5 Å². The standard InChI is InChI=1S/C23H18ClNO3/c1-27-19-12-7-14(13-20(19)28-2)21-22(25-16-10-8-15(24)9-11-16)17-5-3-4-6-18(17)23(21)26/h3-13,25H,1-2H3. The molecule has 0 amide bonds. The van der Waals surface area contributed by atoms with E-state index in [1.807, 2.05) is 60.7 Å². The summed E-state index contributed by atoms with van der Waals surface area (Å²) in [5.41, 5.74) is 4.50. The van der Waals surface area contributed by atoms with Crippen molar-refractivity contribution in [3.63, 3.8) is 0 Å². The van der Waals surface area contributed by atoms with E-state index >= 15 is 0 Å². The lowest BCUT2D eigenvalue weighted by molar-refractivity contribution is 0.105. The molecule has 5 heteroatoms. The van der Waals surface area contributed by atoms with Crippen molar-refractivity contribution in [2.24, 2.45) is 0 Å². The molecule has 0 unspecified atom stereocenters. The van der Waals surface area contributed by atoms with E-state index in [0.717, 1.165) is 22.5 Å². The quantitative estimate of drug-likeness (QED) is 0.620. The van der Waals surface area contributed by atoms with Gasteiger partial charge in [0.2, 0.25) is 0 Å². The topological polar surface area (TPSA) is 47.6 Å². The SMILES string of the molecule is COc1ccc(C2=C(Nc3ccc(Cl)cc3)c3ccccc3C2=O)cc1OC. The van der Waals surface area contributed by atoms with Gasteiger partial charge in [0.15, 0.2) is 17.3 Å². The minimum absolute atomic E-state index is 0.0284. The number of benzene rings is 3. The number of nitrogens with one attached hydrogen (secondary N) is 1. The Balaban J connectivity index is 1.87. The fourth-order valence-corrected chi connectivity index (χ4v) is 3.48. The van der Waals surface area contributed by atoms with Gasteiger partial charge < -0.3 is 14.8 Å². The van der Waals surface area contributed by atoms with Gasteiger partial charge in [0.1, 0.15) is 0 Å². The van der Waals surface area contributed by atoms with E-state index in [9.17, 15) is 4.79 Å². The average molecular weight is 392 g/mol. The number of hydrogen-bond donors (Lipinski definition) is 1. The molecule has 3 aromatic carbocycles. The summed E-state index contributed by atoms with van der Waals surface area (Å²) in [6.07, 6.45) is 0. The highest BCUT2D eigenvalue weighted by Gasteiger charge is 2.31. The van der Waals surface area contributed by atoms with Gasteiger partial charge in [-0.25, -0.2) is 0 Å². The molecular weight excluding hydrogens is 374 g/mol. The maximum absolute atomic E-state index is 13.2. The van der Waals surface area contributed by atoms with Crippen LogP contribution in [-0.4, -0.2) is 20.0 Å². The molecule has 0 saturated carbocycles. The molecule has 0 aliphatic heterocycles. The Morgan fingerprint density at radius 1 is 0.821 bits per heavy atom. The summed E-state index contributed by atoms with van der Waals surface area (Å²) in [7, 11) is 3.16. The van der Waals surface area contributed by atoms with Gasteiger partial charge in [-0.2, -0.15) is 0 Å². The molecule has 0 atom stereocenters. The van der Waals surface area contributed by atoms with Crippen LogP contribution < -0.4 is 14.8 Å². The lowest BCUT2D eigenvalue weighted by Gasteiger charge is -2.13. The van der Waals surface area contributed by atoms with E-state index in [1.54, 1.807) is 20.3 Å². The normalized spacial score (nSPS) is 12.8. The Labute approximate surface area is 168 Å². The van der Waals surface area contributed by atoms with Crippen molar-refractivity contribution in [2.45, 2.75) is 0 Å². The van der Waals surface area contributed by atoms with E-state index in [0.29, 0.717) is 27.7 Å². The third-order valence-electron chi connectivity index (χ3n) is 4.70. The first-order valence-corrected chi connectivity index (χ1v) is 9.13. The zero-order valence-corrected chi connectivity index (χ0v) is 16.2. The lowest BCUT2D eigenvalue weighted by atomic mass is 10.0. The molecule has 4 rings (SSSR count). The van der Waals surface area contributed by atoms with Crippen LogP contribution in [-0.2, 0) is 0 Å². The summed E-state index contributed by atoms with van der Waals surface area (Å²) in [5.74, 6) is 1.16. The Morgan fingerprint density at radius 3 is 2.18 bits per heavy atom. The number of anilines is 1. The zero-order valence-electron chi connectivity index (χ0n) is 15.5. The first kappa shape index (κ1) is 18.1. The minimum atomic E-state index is -0.0284. The number of rotatable bonds is 5. The van der Waals surface area contributed by atoms with Gasteiger partial charge in [-0.15, -0.1) is 0 Å². The number of ketones is 1. The summed E-state index contributed by atoms with van der Waals surface area (Å²) in [6, 6.07) is 20.4. The molecule has 0 radical (unpaired) electrons. The lowest BCUT2D eigenvalue weighted by Crippen LogP contribution is -2.02. The summed E-state index contributed by atoms with van der Waals surface area (Å²) in [4.78, 5) is 13.2. The molecule has 0 aromatic heterocycles. The molecule has 1 N–H and O–H groups in total. The molecule has 0 bridgehead atoms. The molecule has 28 heavy (non-hydrogen) atoms. The molecule has 0 spiro atoms. The number of methoxy groups -OCH3 is 2. The molecule has 4 nitrogen and oxygen atoms in total. The second-order valence-electron chi connectivity index (χ2n) is 6.33. The number of hydrogen-bond acceptors (Lipinski definition) is 4. The van der Waals surface area contributed by atoms with E-state index in [2.05, 4.69) is 5.32 Å². The second-order valence-corrected chi connectivity index (χ2v) is 6.76. The summed E-state index contributed by atoms with van der Waals surface area (Å²) in [5, 5.41) is 4.05. The van der Waals surface area contributed by atoms with Gasteiger partial charge in [-0.05, 0) is 42.0 Å². The number of carbonyl (C=O) groups is 1. The van der Waals surface area contributed by atoms with Crippen LogP contribution >= 0.6 is 11.6 Å². The predicted octanol–water partition coefficient (Wildman–Crippen LogP) is 5.53. The molecule has 0 saturated heterocycles.